The van der Waals surface area contributed by atoms with E-state index in [0.717, 1.165) is 11.4 Å². The molecule has 1 N–H and O–H groups in total. The molecule has 0 bridgehead atoms. The Kier molecular flexibility index (Phi) is 4.35. The largest absolute Gasteiger partial charge is 0.245 e. The smallest absolute Gasteiger partial charge is 0.243 e. The highest BCUT2D eigenvalue weighted by molar-refractivity contribution is 6.38. The molecule has 1 aromatic carbocycles. The average molecular weight is 295 g/mol. The molecular formula is C13H12Cl2N4. The zero-order valence-electron chi connectivity index (χ0n) is 10.5. The van der Waals surface area contributed by atoms with Crippen LogP contribution in [-0.4, -0.2) is 16.2 Å². The Morgan fingerprint density at radius 3 is 2.26 bits per heavy atom. The molecule has 2 aromatic rings. The second-order valence-corrected chi connectivity index (χ2v) is 4.79. The quantitative estimate of drug-likeness (QED) is 0.691. The maximum Gasteiger partial charge on any atom is 0.243 e. The van der Waals surface area contributed by atoms with Gasteiger partial charge in [0.05, 0.1) is 16.3 Å². The van der Waals surface area contributed by atoms with Crippen LogP contribution in [0.1, 0.15) is 17.0 Å². The van der Waals surface area contributed by atoms with E-state index in [2.05, 4.69) is 20.5 Å². The summed E-state index contributed by atoms with van der Waals surface area (Å²) in [7, 11) is 0. The summed E-state index contributed by atoms with van der Waals surface area (Å²) >= 11 is 12.1. The summed E-state index contributed by atoms with van der Waals surface area (Å²) in [6, 6.07) is 7.17. The van der Waals surface area contributed by atoms with Gasteiger partial charge in [0, 0.05) is 17.0 Å². The van der Waals surface area contributed by atoms with Crippen LogP contribution < -0.4 is 5.43 Å². The molecular weight excluding hydrogens is 283 g/mol. The van der Waals surface area contributed by atoms with Crippen molar-refractivity contribution in [3.63, 3.8) is 0 Å². The molecule has 98 valence electrons. The molecule has 1 aromatic heterocycles. The highest BCUT2D eigenvalue weighted by Crippen LogP contribution is 2.22. The Hall–Kier alpha value is -1.65. The number of hydrazone groups is 1. The second kappa shape index (κ2) is 5.99. The minimum absolute atomic E-state index is 0.442. The van der Waals surface area contributed by atoms with Gasteiger partial charge in [-0.2, -0.15) is 5.10 Å². The molecule has 1 heterocycles. The van der Waals surface area contributed by atoms with Gasteiger partial charge in [-0.3, -0.25) is 0 Å². The van der Waals surface area contributed by atoms with Gasteiger partial charge < -0.3 is 0 Å². The first kappa shape index (κ1) is 13.8. The predicted octanol–water partition coefficient (Wildman–Crippen LogP) is 3.85. The summed E-state index contributed by atoms with van der Waals surface area (Å²) in [4.78, 5) is 8.42. The van der Waals surface area contributed by atoms with Crippen molar-refractivity contribution >= 4 is 35.4 Å². The third-order valence-corrected chi connectivity index (χ3v) is 3.00. The van der Waals surface area contributed by atoms with Crippen LogP contribution in [0.25, 0.3) is 0 Å². The predicted molar refractivity (Wildman–Crippen MR) is 79.2 cm³/mol. The van der Waals surface area contributed by atoms with Crippen LogP contribution in [0.15, 0.2) is 29.4 Å². The normalized spacial score (nSPS) is 10.9. The number of nitrogens with one attached hydrogen (secondary N) is 1. The van der Waals surface area contributed by atoms with E-state index in [0.29, 0.717) is 21.6 Å². The molecule has 0 saturated carbocycles. The molecule has 0 unspecified atom stereocenters. The van der Waals surface area contributed by atoms with Gasteiger partial charge >= 0.3 is 0 Å². The van der Waals surface area contributed by atoms with E-state index >= 15 is 0 Å². The van der Waals surface area contributed by atoms with E-state index in [1.54, 1.807) is 24.4 Å². The van der Waals surface area contributed by atoms with Crippen molar-refractivity contribution in [2.45, 2.75) is 13.8 Å². The van der Waals surface area contributed by atoms with Crippen LogP contribution in [0.3, 0.4) is 0 Å². The second-order valence-electron chi connectivity index (χ2n) is 3.98. The molecule has 0 aliphatic rings. The third kappa shape index (κ3) is 3.66. The number of anilines is 1. The number of hydrogen-bond donors (Lipinski definition) is 1. The van der Waals surface area contributed by atoms with E-state index in [4.69, 9.17) is 23.2 Å². The Bertz CT molecular complexity index is 586. The number of benzene rings is 1. The fourth-order valence-electron chi connectivity index (χ4n) is 1.56. The van der Waals surface area contributed by atoms with Crippen molar-refractivity contribution in [3.05, 3.63) is 51.3 Å². The first-order valence-electron chi connectivity index (χ1n) is 5.61. The number of nitrogens with zero attached hydrogens (tertiary/aromatic N) is 3. The Labute approximate surface area is 121 Å². The molecule has 0 radical (unpaired) electrons. The molecule has 0 spiro atoms. The number of aromatic nitrogens is 2. The minimum Gasteiger partial charge on any atom is -0.245 e. The Morgan fingerprint density at radius 2 is 1.68 bits per heavy atom. The molecule has 6 heteroatoms. The highest BCUT2D eigenvalue weighted by Gasteiger charge is 2.02. The van der Waals surface area contributed by atoms with Crippen molar-refractivity contribution in [1.82, 2.24) is 9.97 Å². The van der Waals surface area contributed by atoms with Gasteiger partial charge in [-0.25, -0.2) is 15.4 Å². The van der Waals surface area contributed by atoms with Crippen LogP contribution >= 0.6 is 23.2 Å². The number of hydrogen-bond acceptors (Lipinski definition) is 4. The van der Waals surface area contributed by atoms with E-state index in [9.17, 15) is 0 Å². The fourth-order valence-corrected chi connectivity index (χ4v) is 2.06. The van der Waals surface area contributed by atoms with Gasteiger partial charge in [0.25, 0.3) is 0 Å². The lowest BCUT2D eigenvalue weighted by atomic mass is 10.2. The topological polar surface area (TPSA) is 50.2 Å². The monoisotopic (exact) mass is 294 g/mol. The number of halogens is 2. The van der Waals surface area contributed by atoms with Crippen LogP contribution in [0.2, 0.25) is 10.0 Å². The van der Waals surface area contributed by atoms with Gasteiger partial charge in [-0.15, -0.1) is 0 Å². The molecule has 19 heavy (non-hydrogen) atoms. The molecule has 0 atom stereocenters. The van der Waals surface area contributed by atoms with Gasteiger partial charge in [0.2, 0.25) is 5.95 Å². The van der Waals surface area contributed by atoms with Gasteiger partial charge in [-0.05, 0) is 32.0 Å². The maximum atomic E-state index is 6.03. The van der Waals surface area contributed by atoms with Crippen molar-refractivity contribution in [2.24, 2.45) is 5.10 Å². The van der Waals surface area contributed by atoms with E-state index in [1.165, 1.54) is 0 Å². The van der Waals surface area contributed by atoms with Crippen molar-refractivity contribution in [3.8, 4) is 0 Å². The van der Waals surface area contributed by atoms with E-state index in [1.807, 2.05) is 19.9 Å². The van der Waals surface area contributed by atoms with Gasteiger partial charge in [0.1, 0.15) is 0 Å². The molecule has 0 amide bonds. The van der Waals surface area contributed by atoms with Crippen molar-refractivity contribution in [2.75, 3.05) is 5.43 Å². The van der Waals surface area contributed by atoms with Gasteiger partial charge in [-0.1, -0.05) is 29.3 Å². The summed E-state index contributed by atoms with van der Waals surface area (Å²) in [6.45, 7) is 3.79. The SMILES string of the molecule is Cc1cc(C)nc(N/N=C/c2c(Cl)cccc2Cl)n1. The molecule has 0 saturated heterocycles. The molecule has 0 aliphatic carbocycles. The summed E-state index contributed by atoms with van der Waals surface area (Å²) < 4.78 is 0. The summed E-state index contributed by atoms with van der Waals surface area (Å²) in [5.41, 5.74) is 5.17. The first-order chi connectivity index (χ1) is 9.06. The fraction of sp³-hybridized carbons (Fsp3) is 0.154. The standard InChI is InChI=1S/C13H12Cl2N4/c1-8-6-9(2)18-13(17-8)19-16-7-10-11(14)4-3-5-12(10)15/h3-7H,1-2H3,(H,17,18,19)/b16-7+. The third-order valence-electron chi connectivity index (χ3n) is 2.34. The summed E-state index contributed by atoms with van der Waals surface area (Å²) in [5, 5.41) is 5.13. The Morgan fingerprint density at radius 1 is 1.11 bits per heavy atom. The molecule has 4 nitrogen and oxygen atoms in total. The van der Waals surface area contributed by atoms with Crippen molar-refractivity contribution < 1.29 is 0 Å². The van der Waals surface area contributed by atoms with Crippen LogP contribution in [-0.2, 0) is 0 Å². The summed E-state index contributed by atoms with van der Waals surface area (Å²) in [5.74, 6) is 0.442. The van der Waals surface area contributed by atoms with Crippen LogP contribution in [0, 0.1) is 13.8 Å². The highest BCUT2D eigenvalue weighted by atomic mass is 35.5. The zero-order valence-corrected chi connectivity index (χ0v) is 12.0. The lowest BCUT2D eigenvalue weighted by Gasteiger charge is -2.03. The summed E-state index contributed by atoms with van der Waals surface area (Å²) in [6.07, 6.45) is 1.55. The van der Waals surface area contributed by atoms with E-state index in [-0.39, 0.29) is 0 Å². The lowest BCUT2D eigenvalue weighted by molar-refractivity contribution is 1.04. The lowest BCUT2D eigenvalue weighted by Crippen LogP contribution is -2.00. The maximum absolute atomic E-state index is 6.03. The molecule has 2 rings (SSSR count). The first-order valence-corrected chi connectivity index (χ1v) is 6.37. The van der Waals surface area contributed by atoms with E-state index < -0.39 is 0 Å². The Balaban J connectivity index is 2.16. The average Bonchev–Trinajstić information content (AvgIpc) is 2.32. The van der Waals surface area contributed by atoms with Crippen LogP contribution in [0.5, 0.6) is 0 Å². The number of rotatable bonds is 3. The minimum atomic E-state index is 0.442. The van der Waals surface area contributed by atoms with Gasteiger partial charge in [0.15, 0.2) is 0 Å². The number of aryl methyl sites for hydroxylation is 2. The molecule has 0 fully saturated rings. The zero-order chi connectivity index (χ0) is 13.8. The molecule has 0 aliphatic heterocycles. The van der Waals surface area contributed by atoms with Crippen molar-refractivity contribution in [1.29, 1.82) is 0 Å². The van der Waals surface area contributed by atoms with Crippen LogP contribution in [0.4, 0.5) is 5.95 Å².